The molecule has 0 aliphatic rings. The molecule has 0 aromatic carbocycles. The van der Waals surface area contributed by atoms with Gasteiger partial charge in [-0.05, 0) is 20.5 Å². The van der Waals surface area contributed by atoms with E-state index in [1.54, 1.807) is 14.1 Å². The molecular formula is C13H23N3O2. The van der Waals surface area contributed by atoms with Gasteiger partial charge in [-0.25, -0.2) is 0 Å². The molecule has 0 aliphatic heterocycles. The monoisotopic (exact) mass is 253 g/mol. The SMILES string of the molecule is C=C(NC(=O)C(=C)C(CC)N(C)C)C(=O)N(C)C. The van der Waals surface area contributed by atoms with Gasteiger partial charge in [0.25, 0.3) is 11.8 Å². The molecule has 1 unspecified atom stereocenters. The minimum Gasteiger partial charge on any atom is -0.344 e. The van der Waals surface area contributed by atoms with Crippen LogP contribution in [0, 0.1) is 0 Å². The van der Waals surface area contributed by atoms with Crippen LogP contribution in [0.2, 0.25) is 0 Å². The summed E-state index contributed by atoms with van der Waals surface area (Å²) in [5.74, 6) is -0.690. The zero-order chi connectivity index (χ0) is 14.5. The molecule has 0 saturated heterocycles. The van der Waals surface area contributed by atoms with E-state index in [2.05, 4.69) is 18.5 Å². The van der Waals surface area contributed by atoms with Gasteiger partial charge >= 0.3 is 0 Å². The Morgan fingerprint density at radius 3 is 2.00 bits per heavy atom. The van der Waals surface area contributed by atoms with E-state index in [-0.39, 0.29) is 23.6 Å². The Morgan fingerprint density at radius 1 is 1.17 bits per heavy atom. The zero-order valence-electron chi connectivity index (χ0n) is 11.9. The Bertz CT molecular complexity index is 359. The Morgan fingerprint density at radius 2 is 1.67 bits per heavy atom. The van der Waals surface area contributed by atoms with Crippen molar-refractivity contribution in [3.8, 4) is 0 Å². The van der Waals surface area contributed by atoms with Crippen molar-refractivity contribution in [2.24, 2.45) is 0 Å². The molecule has 18 heavy (non-hydrogen) atoms. The summed E-state index contributed by atoms with van der Waals surface area (Å²) >= 11 is 0. The molecule has 102 valence electrons. The van der Waals surface area contributed by atoms with Gasteiger partial charge in [0.2, 0.25) is 0 Å². The van der Waals surface area contributed by atoms with Crippen molar-refractivity contribution < 1.29 is 9.59 Å². The molecule has 0 spiro atoms. The number of rotatable bonds is 6. The summed E-state index contributed by atoms with van der Waals surface area (Å²) < 4.78 is 0. The largest absolute Gasteiger partial charge is 0.344 e. The number of carbonyl (C=O) groups excluding carboxylic acids is 2. The van der Waals surface area contributed by atoms with Crippen molar-refractivity contribution in [1.29, 1.82) is 0 Å². The highest BCUT2D eigenvalue weighted by molar-refractivity contribution is 6.02. The molecule has 1 N–H and O–H groups in total. The molecule has 0 radical (unpaired) electrons. The van der Waals surface area contributed by atoms with E-state index in [0.29, 0.717) is 5.57 Å². The molecule has 0 aliphatic carbocycles. The summed E-state index contributed by atoms with van der Waals surface area (Å²) in [4.78, 5) is 26.7. The lowest BCUT2D eigenvalue weighted by molar-refractivity contribution is -0.127. The molecule has 5 heteroatoms. The first-order chi connectivity index (χ1) is 8.22. The summed E-state index contributed by atoms with van der Waals surface area (Å²) in [6.07, 6.45) is 0.771. The molecule has 0 saturated carbocycles. The molecule has 1 atom stereocenters. The van der Waals surface area contributed by atoms with Crippen LogP contribution in [0.5, 0.6) is 0 Å². The van der Waals surface area contributed by atoms with Crippen LogP contribution in [-0.4, -0.2) is 55.8 Å². The van der Waals surface area contributed by atoms with Crippen molar-refractivity contribution in [3.63, 3.8) is 0 Å². The minimum atomic E-state index is -0.365. The fraction of sp³-hybridized carbons (Fsp3) is 0.538. The Kier molecular flexibility index (Phi) is 6.33. The normalized spacial score (nSPS) is 11.9. The van der Waals surface area contributed by atoms with Gasteiger partial charge in [0, 0.05) is 25.7 Å². The van der Waals surface area contributed by atoms with Crippen molar-refractivity contribution in [3.05, 3.63) is 24.4 Å². The third-order valence-corrected chi connectivity index (χ3v) is 2.63. The van der Waals surface area contributed by atoms with E-state index >= 15 is 0 Å². The molecule has 0 aromatic heterocycles. The molecule has 0 rings (SSSR count). The highest BCUT2D eigenvalue weighted by atomic mass is 16.2. The summed E-state index contributed by atoms with van der Waals surface area (Å²) in [7, 11) is 6.96. The van der Waals surface area contributed by atoms with Gasteiger partial charge in [-0.1, -0.05) is 20.1 Å². The van der Waals surface area contributed by atoms with Crippen LogP contribution in [0.4, 0.5) is 0 Å². The van der Waals surface area contributed by atoms with Crippen LogP contribution in [0.1, 0.15) is 13.3 Å². The number of nitrogens with one attached hydrogen (secondary N) is 1. The van der Waals surface area contributed by atoms with Crippen LogP contribution in [0.3, 0.4) is 0 Å². The van der Waals surface area contributed by atoms with E-state index < -0.39 is 0 Å². The third kappa shape index (κ3) is 4.33. The maximum absolute atomic E-state index is 11.9. The van der Waals surface area contributed by atoms with E-state index in [1.165, 1.54) is 4.90 Å². The number of carbonyl (C=O) groups is 2. The second-order valence-electron chi connectivity index (χ2n) is 4.55. The minimum absolute atomic E-state index is 0.0488. The number of amides is 2. The van der Waals surface area contributed by atoms with Crippen LogP contribution in [0.15, 0.2) is 24.4 Å². The Hall–Kier alpha value is -1.62. The number of likely N-dealkylation sites (N-methyl/N-ethyl adjacent to an activating group) is 2. The van der Waals surface area contributed by atoms with Gasteiger partial charge in [-0.15, -0.1) is 0 Å². The van der Waals surface area contributed by atoms with Gasteiger partial charge < -0.3 is 15.1 Å². The van der Waals surface area contributed by atoms with Crippen molar-refractivity contribution >= 4 is 11.8 Å². The van der Waals surface area contributed by atoms with E-state index in [1.807, 2.05) is 25.9 Å². The molecule has 0 bridgehead atoms. The summed E-state index contributed by atoms with van der Waals surface area (Å²) in [5.41, 5.74) is 0.481. The van der Waals surface area contributed by atoms with Gasteiger partial charge in [-0.3, -0.25) is 9.59 Å². The number of nitrogens with zero attached hydrogens (tertiary/aromatic N) is 2. The van der Waals surface area contributed by atoms with Gasteiger partial charge in [0.05, 0.1) is 5.70 Å². The molecule has 0 fully saturated rings. The summed E-state index contributed by atoms with van der Waals surface area (Å²) in [6.45, 7) is 9.31. The standard InChI is InChI=1S/C13H23N3O2/c1-8-11(15(4)5)9(2)12(17)14-10(3)13(18)16(6)7/h11H,2-3,8H2,1,4-7H3,(H,14,17). The van der Waals surface area contributed by atoms with E-state index in [9.17, 15) is 9.59 Å². The smallest absolute Gasteiger partial charge is 0.269 e. The lowest BCUT2D eigenvalue weighted by atomic mass is 10.0. The van der Waals surface area contributed by atoms with Crippen LogP contribution >= 0.6 is 0 Å². The Balaban J connectivity index is 4.64. The molecule has 0 aromatic rings. The second-order valence-corrected chi connectivity index (χ2v) is 4.55. The predicted octanol–water partition coefficient (Wildman–Crippen LogP) is 0.601. The molecular weight excluding hydrogens is 230 g/mol. The van der Waals surface area contributed by atoms with Crippen LogP contribution in [-0.2, 0) is 9.59 Å². The lowest BCUT2D eigenvalue weighted by Crippen LogP contribution is -2.39. The quantitative estimate of drug-likeness (QED) is 0.705. The number of hydrogen-bond acceptors (Lipinski definition) is 3. The zero-order valence-corrected chi connectivity index (χ0v) is 11.9. The van der Waals surface area contributed by atoms with Crippen molar-refractivity contribution in [2.45, 2.75) is 19.4 Å². The molecule has 2 amide bonds. The van der Waals surface area contributed by atoms with Crippen molar-refractivity contribution in [2.75, 3.05) is 28.2 Å². The van der Waals surface area contributed by atoms with Crippen LogP contribution < -0.4 is 5.32 Å². The molecule has 0 heterocycles. The lowest BCUT2D eigenvalue weighted by Gasteiger charge is -2.24. The van der Waals surface area contributed by atoms with E-state index in [0.717, 1.165) is 6.42 Å². The first-order valence-corrected chi connectivity index (χ1v) is 5.79. The Labute approximate surface area is 109 Å². The van der Waals surface area contributed by atoms with Crippen molar-refractivity contribution in [1.82, 2.24) is 15.1 Å². The van der Waals surface area contributed by atoms with Gasteiger partial charge in [-0.2, -0.15) is 0 Å². The van der Waals surface area contributed by atoms with Gasteiger partial charge in [0.1, 0.15) is 0 Å². The summed E-state index contributed by atoms with van der Waals surface area (Å²) in [5, 5.41) is 2.48. The van der Waals surface area contributed by atoms with E-state index in [4.69, 9.17) is 0 Å². The first kappa shape index (κ1) is 16.4. The second kappa shape index (κ2) is 6.96. The highest BCUT2D eigenvalue weighted by Gasteiger charge is 2.21. The average Bonchev–Trinajstić information content (AvgIpc) is 2.27. The highest BCUT2D eigenvalue weighted by Crippen LogP contribution is 2.10. The fourth-order valence-electron chi connectivity index (χ4n) is 1.62. The number of hydrogen-bond donors (Lipinski definition) is 1. The topological polar surface area (TPSA) is 52.7 Å². The maximum Gasteiger partial charge on any atom is 0.269 e. The summed E-state index contributed by atoms with van der Waals surface area (Å²) in [6, 6.07) is -0.0488. The maximum atomic E-state index is 11.9. The first-order valence-electron chi connectivity index (χ1n) is 5.79. The molecule has 5 nitrogen and oxygen atoms in total. The third-order valence-electron chi connectivity index (χ3n) is 2.63. The fourth-order valence-corrected chi connectivity index (χ4v) is 1.62. The predicted molar refractivity (Wildman–Crippen MR) is 72.9 cm³/mol. The van der Waals surface area contributed by atoms with Crippen LogP contribution in [0.25, 0.3) is 0 Å². The average molecular weight is 253 g/mol. The van der Waals surface area contributed by atoms with Gasteiger partial charge in [0.15, 0.2) is 0 Å².